The van der Waals surface area contributed by atoms with Gasteiger partial charge in [0.2, 0.25) is 5.91 Å². The Kier molecular flexibility index (Phi) is 4.20. The van der Waals surface area contributed by atoms with Crippen LogP contribution in [0.4, 0.5) is 14.9 Å². The molecule has 0 saturated carbocycles. The lowest BCUT2D eigenvalue weighted by Gasteiger charge is -2.31. The van der Waals surface area contributed by atoms with Crippen molar-refractivity contribution in [1.29, 1.82) is 0 Å². The minimum Gasteiger partial charge on any atom is -0.443 e. The average Bonchev–Trinajstić information content (AvgIpc) is 3.15. The number of primary amides is 1. The first-order valence-corrected chi connectivity index (χ1v) is 8.95. The predicted molar refractivity (Wildman–Crippen MR) is 86.4 cm³/mol. The van der Waals surface area contributed by atoms with Crippen LogP contribution in [0.5, 0.6) is 0 Å². The number of carbonyl (C=O) groups excluding carboxylic acids is 2. The quantitative estimate of drug-likeness (QED) is 0.804. The Balaban J connectivity index is 1.95. The first kappa shape index (κ1) is 16.7. The molecule has 3 rings (SSSR count). The number of anilines is 1. The van der Waals surface area contributed by atoms with Crippen LogP contribution in [0.15, 0.2) is 18.2 Å². The van der Waals surface area contributed by atoms with Gasteiger partial charge in [0.1, 0.15) is 17.3 Å². The number of halogens is 1. The number of nitrogens with two attached hydrogens (primary N) is 1. The van der Waals surface area contributed by atoms with Gasteiger partial charge in [-0.15, -0.1) is 0 Å². The van der Waals surface area contributed by atoms with Crippen LogP contribution in [0, 0.1) is 5.82 Å². The van der Waals surface area contributed by atoms with Crippen molar-refractivity contribution >= 4 is 28.5 Å². The fourth-order valence-electron chi connectivity index (χ4n) is 2.99. The van der Waals surface area contributed by atoms with Gasteiger partial charge in [0.25, 0.3) is 0 Å². The number of nitrogens with zero attached hydrogens (tertiary/aromatic N) is 1. The summed E-state index contributed by atoms with van der Waals surface area (Å²) in [5.74, 6) is -0.452. The maximum Gasteiger partial charge on any atom is 0.407 e. The second kappa shape index (κ2) is 6.04. The van der Waals surface area contributed by atoms with Crippen LogP contribution in [-0.2, 0) is 25.7 Å². The van der Waals surface area contributed by atoms with Crippen molar-refractivity contribution in [3.05, 3.63) is 29.6 Å². The topological polar surface area (TPSA) is 102 Å². The molecular formula is C15H18FN3O4S. The van der Waals surface area contributed by atoms with Gasteiger partial charge in [0.05, 0.1) is 18.1 Å². The van der Waals surface area contributed by atoms with Crippen molar-refractivity contribution in [3.8, 4) is 0 Å². The van der Waals surface area contributed by atoms with Gasteiger partial charge < -0.3 is 20.7 Å². The van der Waals surface area contributed by atoms with E-state index in [1.807, 2.05) is 0 Å². The van der Waals surface area contributed by atoms with E-state index in [1.54, 1.807) is 17.0 Å². The molecule has 2 fully saturated rings. The van der Waals surface area contributed by atoms with Crippen LogP contribution in [0.1, 0.15) is 12.5 Å². The van der Waals surface area contributed by atoms with Crippen LogP contribution in [0.25, 0.3) is 0 Å². The Morgan fingerprint density at radius 2 is 2.29 bits per heavy atom. The number of alkyl carbamates (subject to hydrolysis) is 1. The van der Waals surface area contributed by atoms with Crippen molar-refractivity contribution in [2.24, 2.45) is 5.73 Å². The van der Waals surface area contributed by atoms with E-state index in [0.29, 0.717) is 23.5 Å². The maximum atomic E-state index is 14.6. The van der Waals surface area contributed by atoms with Crippen LogP contribution in [0.2, 0.25) is 0 Å². The van der Waals surface area contributed by atoms with E-state index in [9.17, 15) is 18.2 Å². The van der Waals surface area contributed by atoms with E-state index in [0.717, 1.165) is 0 Å². The van der Waals surface area contributed by atoms with Gasteiger partial charge in [-0.2, -0.15) is 0 Å². The zero-order valence-corrected chi connectivity index (χ0v) is 13.9. The first-order valence-electron chi connectivity index (χ1n) is 7.46. The molecule has 9 heteroatoms. The van der Waals surface area contributed by atoms with Crippen molar-refractivity contribution in [1.82, 2.24) is 5.32 Å². The third-order valence-electron chi connectivity index (χ3n) is 4.61. The number of hydrogen-bond donors (Lipinski definition) is 2. The number of benzene rings is 1. The summed E-state index contributed by atoms with van der Waals surface area (Å²) in [6.45, 7) is 2.16. The van der Waals surface area contributed by atoms with Gasteiger partial charge >= 0.3 is 6.09 Å². The molecule has 2 saturated heterocycles. The maximum absolute atomic E-state index is 14.6. The first-order chi connectivity index (χ1) is 11.3. The fourth-order valence-corrected chi connectivity index (χ4v) is 4.16. The third kappa shape index (κ3) is 2.72. The van der Waals surface area contributed by atoms with E-state index in [1.165, 1.54) is 13.0 Å². The Labute approximate surface area is 140 Å². The van der Waals surface area contributed by atoms with Crippen LogP contribution in [0.3, 0.4) is 0 Å². The molecule has 0 radical (unpaired) electrons. The smallest absolute Gasteiger partial charge is 0.407 e. The Morgan fingerprint density at radius 1 is 1.54 bits per heavy atom. The molecule has 0 aliphatic carbocycles. The number of cyclic esters (lactones) is 1. The second-order valence-electron chi connectivity index (χ2n) is 6.04. The molecule has 1 aromatic carbocycles. The van der Waals surface area contributed by atoms with Gasteiger partial charge in [-0.05, 0) is 24.6 Å². The molecule has 130 valence electrons. The van der Waals surface area contributed by atoms with E-state index in [-0.39, 0.29) is 12.4 Å². The summed E-state index contributed by atoms with van der Waals surface area (Å²) >= 11 is 0. The molecule has 3 atom stereocenters. The molecule has 2 aliphatic heterocycles. The molecule has 7 nitrogen and oxygen atoms in total. The summed E-state index contributed by atoms with van der Waals surface area (Å²) in [6, 6.07) is 4.36. The Bertz CT molecular complexity index is 729. The highest BCUT2D eigenvalue weighted by atomic mass is 32.2. The lowest BCUT2D eigenvalue weighted by molar-refractivity contribution is -0.126. The van der Waals surface area contributed by atoms with E-state index in [2.05, 4.69) is 5.32 Å². The monoisotopic (exact) mass is 355 g/mol. The van der Waals surface area contributed by atoms with Crippen molar-refractivity contribution in [3.63, 3.8) is 0 Å². The van der Waals surface area contributed by atoms with Gasteiger partial charge in [0, 0.05) is 23.1 Å². The summed E-state index contributed by atoms with van der Waals surface area (Å²) in [5.41, 5.74) is 4.83. The zero-order valence-electron chi connectivity index (χ0n) is 13.1. The third-order valence-corrected chi connectivity index (χ3v) is 5.85. The number of ether oxygens (including phenoxy) is 1. The molecular weight excluding hydrogens is 337 g/mol. The highest BCUT2D eigenvalue weighted by Gasteiger charge is 2.47. The zero-order chi connectivity index (χ0) is 17.5. The molecule has 2 amide bonds. The largest absolute Gasteiger partial charge is 0.443 e. The molecule has 0 spiro atoms. The van der Waals surface area contributed by atoms with Crippen LogP contribution >= 0.6 is 0 Å². The predicted octanol–water partition coefficient (Wildman–Crippen LogP) is 0.203. The van der Waals surface area contributed by atoms with Crippen LogP contribution < -0.4 is 16.0 Å². The minimum atomic E-state index is -1.35. The molecule has 3 N–H and O–H groups in total. The van der Waals surface area contributed by atoms with Gasteiger partial charge in [-0.25, -0.2) is 9.18 Å². The SMILES string of the molecule is CC(C(N)=O)(c1ccc(N2CCS(=O)C2)c(F)c1)C1CNC(=O)O1. The molecule has 1 aromatic rings. The van der Waals surface area contributed by atoms with Crippen molar-refractivity contribution in [2.75, 3.05) is 29.6 Å². The fraction of sp³-hybridized carbons (Fsp3) is 0.467. The van der Waals surface area contributed by atoms with E-state index in [4.69, 9.17) is 10.5 Å². The Hall–Kier alpha value is -2.16. The number of nitrogens with one attached hydrogen (secondary N) is 1. The normalized spacial score (nSPS) is 25.9. The van der Waals surface area contributed by atoms with E-state index < -0.39 is 40.1 Å². The summed E-state index contributed by atoms with van der Waals surface area (Å²) in [7, 11) is -0.978. The summed E-state index contributed by atoms with van der Waals surface area (Å²) in [5, 5.41) is 2.47. The lowest BCUT2D eigenvalue weighted by Crippen LogP contribution is -2.49. The van der Waals surface area contributed by atoms with Crippen LogP contribution in [-0.4, -0.2) is 47.0 Å². The summed E-state index contributed by atoms with van der Waals surface area (Å²) < 4.78 is 31.2. The highest BCUT2D eigenvalue weighted by molar-refractivity contribution is 7.85. The summed E-state index contributed by atoms with van der Waals surface area (Å²) in [6.07, 6.45) is -1.45. The number of hydrogen-bond acceptors (Lipinski definition) is 5. The van der Waals surface area contributed by atoms with Gasteiger partial charge in [-0.3, -0.25) is 9.00 Å². The number of rotatable bonds is 4. The molecule has 2 heterocycles. The van der Waals surface area contributed by atoms with Gasteiger partial charge in [-0.1, -0.05) is 6.07 Å². The Morgan fingerprint density at radius 3 is 2.79 bits per heavy atom. The lowest BCUT2D eigenvalue weighted by atomic mass is 9.76. The number of carbonyl (C=O) groups is 2. The van der Waals surface area contributed by atoms with E-state index >= 15 is 0 Å². The summed E-state index contributed by atoms with van der Waals surface area (Å²) in [4.78, 5) is 25.0. The second-order valence-corrected chi connectivity index (χ2v) is 7.59. The molecule has 2 aliphatic rings. The molecule has 0 aromatic heterocycles. The number of amides is 2. The molecule has 0 bridgehead atoms. The molecule has 24 heavy (non-hydrogen) atoms. The van der Waals surface area contributed by atoms with Crippen molar-refractivity contribution in [2.45, 2.75) is 18.4 Å². The standard InChI is InChI=1S/C15H18FN3O4S/c1-15(13(17)20,12-7-18-14(21)23-12)9-2-3-11(10(16)6-9)19-4-5-24(22)8-19/h2-3,6,12H,4-5,7-8H2,1H3,(H2,17,20)(H,18,21). The average molecular weight is 355 g/mol. The van der Waals surface area contributed by atoms with Gasteiger partial charge in [0.15, 0.2) is 0 Å². The highest BCUT2D eigenvalue weighted by Crippen LogP contribution is 2.34. The minimum absolute atomic E-state index is 0.118. The van der Waals surface area contributed by atoms with Crippen molar-refractivity contribution < 1.29 is 22.9 Å². The molecule has 3 unspecified atom stereocenters.